The number of hydrogen-bond acceptors (Lipinski definition) is 3. The van der Waals surface area contributed by atoms with Crippen molar-refractivity contribution in [3.63, 3.8) is 0 Å². The summed E-state index contributed by atoms with van der Waals surface area (Å²) in [7, 11) is 0. The Hall–Kier alpha value is -2.56. The highest BCUT2D eigenvalue weighted by Gasteiger charge is 2.16. The molecule has 0 aliphatic heterocycles. The number of nitrogens with one attached hydrogen (secondary N) is 2. The lowest BCUT2D eigenvalue weighted by molar-refractivity contribution is -0.136. The topological polar surface area (TPSA) is 71.3 Å². The summed E-state index contributed by atoms with van der Waals surface area (Å²) in [4.78, 5) is 23.9. The van der Waals surface area contributed by atoms with E-state index in [-0.39, 0.29) is 6.54 Å². The van der Waals surface area contributed by atoms with E-state index in [2.05, 4.69) is 10.6 Å². The Bertz CT molecular complexity index is 696. The molecule has 0 fully saturated rings. The quantitative estimate of drug-likeness (QED) is 0.856. The van der Waals surface area contributed by atoms with E-state index in [4.69, 9.17) is 4.42 Å². The van der Waals surface area contributed by atoms with Gasteiger partial charge in [-0.2, -0.15) is 0 Å². The van der Waals surface area contributed by atoms with Gasteiger partial charge >= 0.3 is 11.8 Å². The lowest BCUT2D eigenvalue weighted by Crippen LogP contribution is -2.35. The highest BCUT2D eigenvalue weighted by Crippen LogP contribution is 2.19. The number of amides is 2. The van der Waals surface area contributed by atoms with Crippen LogP contribution in [-0.2, 0) is 16.1 Å². The first-order valence-electron chi connectivity index (χ1n) is 7.09. The third-order valence-electron chi connectivity index (χ3n) is 3.51. The average Bonchev–Trinajstić information content (AvgIpc) is 2.78. The van der Waals surface area contributed by atoms with E-state index in [0.717, 1.165) is 28.2 Å². The van der Waals surface area contributed by atoms with Gasteiger partial charge in [-0.15, -0.1) is 0 Å². The average molecular weight is 300 g/mol. The molecule has 0 radical (unpaired) electrons. The highest BCUT2D eigenvalue weighted by molar-refractivity contribution is 6.39. The number of aryl methyl sites for hydroxylation is 4. The molecule has 2 rings (SSSR count). The Morgan fingerprint density at radius 1 is 1.05 bits per heavy atom. The van der Waals surface area contributed by atoms with Crippen molar-refractivity contribution >= 4 is 17.5 Å². The van der Waals surface area contributed by atoms with Gasteiger partial charge in [-0.05, 0) is 44.9 Å². The monoisotopic (exact) mass is 300 g/mol. The van der Waals surface area contributed by atoms with Crippen molar-refractivity contribution in [3.8, 4) is 0 Å². The maximum Gasteiger partial charge on any atom is 0.313 e. The normalized spacial score (nSPS) is 10.4. The van der Waals surface area contributed by atoms with Crippen LogP contribution >= 0.6 is 0 Å². The van der Waals surface area contributed by atoms with Gasteiger partial charge in [0.15, 0.2) is 0 Å². The van der Waals surface area contributed by atoms with Gasteiger partial charge in [-0.3, -0.25) is 9.59 Å². The smallest absolute Gasteiger partial charge is 0.313 e. The van der Waals surface area contributed by atoms with Gasteiger partial charge in [0.25, 0.3) is 0 Å². The van der Waals surface area contributed by atoms with Gasteiger partial charge in [-0.1, -0.05) is 18.2 Å². The summed E-state index contributed by atoms with van der Waals surface area (Å²) in [5.74, 6) is 0.186. The molecular weight excluding hydrogens is 280 g/mol. The van der Waals surface area contributed by atoms with Crippen molar-refractivity contribution in [3.05, 3.63) is 52.5 Å². The molecule has 22 heavy (non-hydrogen) atoms. The van der Waals surface area contributed by atoms with Gasteiger partial charge in [0.2, 0.25) is 0 Å². The maximum atomic E-state index is 12.0. The molecule has 0 aliphatic carbocycles. The van der Waals surface area contributed by atoms with Crippen LogP contribution < -0.4 is 10.6 Å². The van der Waals surface area contributed by atoms with Crippen molar-refractivity contribution in [1.29, 1.82) is 0 Å². The second-order valence-corrected chi connectivity index (χ2v) is 5.34. The van der Waals surface area contributed by atoms with Gasteiger partial charge in [0, 0.05) is 17.8 Å². The number of para-hydroxylation sites is 1. The Morgan fingerprint density at radius 3 is 2.23 bits per heavy atom. The van der Waals surface area contributed by atoms with E-state index < -0.39 is 11.8 Å². The first-order valence-corrected chi connectivity index (χ1v) is 7.09. The SMILES string of the molecule is Cc1cc(CNC(=O)C(=O)Nc2c(C)cccc2C)c(C)o1. The zero-order valence-corrected chi connectivity index (χ0v) is 13.2. The zero-order valence-electron chi connectivity index (χ0n) is 13.2. The van der Waals surface area contributed by atoms with Crippen LogP contribution in [0.5, 0.6) is 0 Å². The number of rotatable bonds is 3. The number of anilines is 1. The molecule has 5 heteroatoms. The molecule has 5 nitrogen and oxygen atoms in total. The Labute approximate surface area is 129 Å². The third kappa shape index (κ3) is 3.55. The van der Waals surface area contributed by atoms with E-state index in [1.165, 1.54) is 0 Å². The Kier molecular flexibility index (Phi) is 4.65. The molecule has 1 heterocycles. The maximum absolute atomic E-state index is 12.0. The standard InChI is InChI=1S/C17H20N2O3/c1-10-6-5-7-11(2)15(10)19-17(21)16(20)18-9-14-8-12(3)22-13(14)4/h5-8H,9H2,1-4H3,(H,18,20)(H,19,21). The first kappa shape index (κ1) is 15.8. The fraction of sp³-hybridized carbons (Fsp3) is 0.294. The fourth-order valence-corrected chi connectivity index (χ4v) is 2.30. The van der Waals surface area contributed by atoms with Gasteiger partial charge in [0.1, 0.15) is 11.5 Å². The molecule has 1 aromatic carbocycles. The Balaban J connectivity index is 1.98. The fourth-order valence-electron chi connectivity index (χ4n) is 2.30. The summed E-state index contributed by atoms with van der Waals surface area (Å²) in [6.45, 7) is 7.70. The van der Waals surface area contributed by atoms with Crippen molar-refractivity contribution in [2.75, 3.05) is 5.32 Å². The van der Waals surface area contributed by atoms with E-state index in [9.17, 15) is 9.59 Å². The summed E-state index contributed by atoms with van der Waals surface area (Å²) >= 11 is 0. The van der Waals surface area contributed by atoms with Crippen LogP contribution in [0.3, 0.4) is 0 Å². The molecule has 0 atom stereocenters. The number of hydrogen-bond donors (Lipinski definition) is 2. The number of furan rings is 1. The summed E-state index contributed by atoms with van der Waals surface area (Å²) in [5, 5.41) is 5.26. The number of benzene rings is 1. The van der Waals surface area contributed by atoms with Gasteiger partial charge in [0.05, 0.1) is 0 Å². The Morgan fingerprint density at radius 2 is 1.68 bits per heavy atom. The largest absolute Gasteiger partial charge is 0.466 e. The highest BCUT2D eigenvalue weighted by atomic mass is 16.3. The molecule has 2 aromatic rings. The number of carbonyl (C=O) groups excluding carboxylic acids is 2. The summed E-state index contributed by atoms with van der Waals surface area (Å²) in [5.41, 5.74) is 3.38. The van der Waals surface area contributed by atoms with E-state index in [1.54, 1.807) is 0 Å². The predicted molar refractivity (Wildman–Crippen MR) is 84.6 cm³/mol. The van der Waals surface area contributed by atoms with Crippen LogP contribution in [0.4, 0.5) is 5.69 Å². The molecule has 116 valence electrons. The van der Waals surface area contributed by atoms with Crippen LogP contribution in [-0.4, -0.2) is 11.8 Å². The van der Waals surface area contributed by atoms with Crippen LogP contribution in [0.2, 0.25) is 0 Å². The minimum absolute atomic E-state index is 0.266. The summed E-state index contributed by atoms with van der Waals surface area (Å²) < 4.78 is 5.38. The molecule has 2 N–H and O–H groups in total. The van der Waals surface area contributed by atoms with E-state index in [0.29, 0.717) is 5.69 Å². The van der Waals surface area contributed by atoms with Crippen molar-refractivity contribution in [1.82, 2.24) is 5.32 Å². The molecule has 0 unspecified atom stereocenters. The van der Waals surface area contributed by atoms with Crippen LogP contribution in [0, 0.1) is 27.7 Å². The van der Waals surface area contributed by atoms with Gasteiger partial charge in [-0.25, -0.2) is 0 Å². The second kappa shape index (κ2) is 6.47. The van der Waals surface area contributed by atoms with Crippen molar-refractivity contribution in [2.45, 2.75) is 34.2 Å². The molecule has 0 saturated heterocycles. The molecule has 2 amide bonds. The van der Waals surface area contributed by atoms with Crippen LogP contribution in [0.15, 0.2) is 28.7 Å². The van der Waals surface area contributed by atoms with Crippen LogP contribution in [0.25, 0.3) is 0 Å². The van der Waals surface area contributed by atoms with E-state index in [1.807, 2.05) is 52.0 Å². The summed E-state index contributed by atoms with van der Waals surface area (Å²) in [6.07, 6.45) is 0. The lowest BCUT2D eigenvalue weighted by Gasteiger charge is -2.11. The molecule has 0 bridgehead atoms. The minimum atomic E-state index is -0.671. The lowest BCUT2D eigenvalue weighted by atomic mass is 10.1. The molecular formula is C17H20N2O3. The molecule has 0 aliphatic rings. The van der Waals surface area contributed by atoms with Gasteiger partial charge < -0.3 is 15.1 Å². The molecule has 0 saturated carbocycles. The van der Waals surface area contributed by atoms with E-state index >= 15 is 0 Å². The van der Waals surface area contributed by atoms with Crippen LogP contribution in [0.1, 0.15) is 28.2 Å². The first-order chi connectivity index (χ1) is 10.4. The second-order valence-electron chi connectivity index (χ2n) is 5.34. The zero-order chi connectivity index (χ0) is 16.3. The predicted octanol–water partition coefficient (Wildman–Crippen LogP) is 2.77. The molecule has 1 aromatic heterocycles. The molecule has 0 spiro atoms. The third-order valence-corrected chi connectivity index (χ3v) is 3.51. The number of carbonyl (C=O) groups is 2. The van der Waals surface area contributed by atoms with Crippen molar-refractivity contribution < 1.29 is 14.0 Å². The summed E-state index contributed by atoms with van der Waals surface area (Å²) in [6, 6.07) is 7.53. The minimum Gasteiger partial charge on any atom is -0.466 e. The van der Waals surface area contributed by atoms with Crippen molar-refractivity contribution in [2.24, 2.45) is 0 Å².